The second-order valence-corrected chi connectivity index (χ2v) is 9.17. The molecular weight excluding hydrogens is 430 g/mol. The van der Waals surface area contributed by atoms with E-state index in [1.54, 1.807) is 18.2 Å². The second-order valence-electron chi connectivity index (χ2n) is 7.23. The molecule has 166 valence electrons. The summed E-state index contributed by atoms with van der Waals surface area (Å²) in [6.45, 7) is 0.995. The lowest BCUT2D eigenvalue weighted by molar-refractivity contribution is 0.102. The predicted octanol–water partition coefficient (Wildman–Crippen LogP) is 3.92. The Morgan fingerprint density at radius 2 is 1.75 bits per heavy atom. The number of para-hydroxylation sites is 1. The van der Waals surface area contributed by atoms with E-state index in [9.17, 15) is 13.2 Å². The second kappa shape index (κ2) is 9.37. The van der Waals surface area contributed by atoms with Gasteiger partial charge in [-0.3, -0.25) is 4.79 Å². The largest absolute Gasteiger partial charge is 0.493 e. The summed E-state index contributed by atoms with van der Waals surface area (Å²) in [4.78, 5) is 17.1. The lowest BCUT2D eigenvalue weighted by Crippen LogP contribution is -2.28. The number of aromatic nitrogens is 1. The number of pyridine rings is 1. The van der Waals surface area contributed by atoms with E-state index in [1.165, 1.54) is 29.7 Å². The summed E-state index contributed by atoms with van der Waals surface area (Å²) in [5, 5.41) is 2.68. The van der Waals surface area contributed by atoms with Crippen molar-refractivity contribution in [3.8, 4) is 17.2 Å². The molecule has 0 unspecified atom stereocenters. The smallest absolute Gasteiger partial charge is 0.256 e. The molecule has 0 bridgehead atoms. The number of rotatable bonds is 7. The van der Waals surface area contributed by atoms with Gasteiger partial charge in [0.1, 0.15) is 11.5 Å². The van der Waals surface area contributed by atoms with Crippen LogP contribution in [0.3, 0.4) is 0 Å². The van der Waals surface area contributed by atoms with Crippen molar-refractivity contribution in [3.05, 3.63) is 72.4 Å². The highest BCUT2D eigenvalue weighted by Gasteiger charge is 2.27. The number of sulfonamides is 1. The van der Waals surface area contributed by atoms with Crippen LogP contribution in [0.2, 0.25) is 0 Å². The van der Waals surface area contributed by atoms with Crippen molar-refractivity contribution in [1.29, 1.82) is 0 Å². The number of benzene rings is 2. The summed E-state index contributed by atoms with van der Waals surface area (Å²) in [5.74, 6) is 1.11. The average Bonchev–Trinajstić information content (AvgIpc) is 3.37. The average molecular weight is 454 g/mol. The molecule has 1 N–H and O–H groups in total. The van der Waals surface area contributed by atoms with Gasteiger partial charge in [-0.2, -0.15) is 4.31 Å². The van der Waals surface area contributed by atoms with Gasteiger partial charge in [0.2, 0.25) is 10.0 Å². The van der Waals surface area contributed by atoms with Crippen LogP contribution >= 0.6 is 0 Å². The third kappa shape index (κ3) is 4.74. The fraction of sp³-hybridized carbons (Fsp3) is 0.217. The molecule has 2 heterocycles. The molecule has 1 saturated heterocycles. The Balaban J connectivity index is 1.52. The van der Waals surface area contributed by atoms with E-state index in [0.717, 1.165) is 12.8 Å². The van der Waals surface area contributed by atoms with E-state index in [2.05, 4.69) is 10.3 Å². The third-order valence-electron chi connectivity index (χ3n) is 5.06. The lowest BCUT2D eigenvalue weighted by atomic mass is 10.2. The fourth-order valence-electron chi connectivity index (χ4n) is 3.41. The summed E-state index contributed by atoms with van der Waals surface area (Å²) < 4.78 is 38.1. The third-order valence-corrected chi connectivity index (χ3v) is 6.95. The number of carbonyl (C=O) groups excluding carboxylic acids is 1. The molecule has 9 heteroatoms. The fourth-order valence-corrected chi connectivity index (χ4v) is 4.98. The van der Waals surface area contributed by atoms with Gasteiger partial charge in [-0.15, -0.1) is 0 Å². The molecule has 4 rings (SSSR count). The number of hydrogen-bond acceptors (Lipinski definition) is 6. The molecule has 0 radical (unpaired) electrons. The number of hydrogen-bond donors (Lipinski definition) is 1. The van der Waals surface area contributed by atoms with Crippen molar-refractivity contribution in [2.24, 2.45) is 0 Å². The molecule has 0 aliphatic carbocycles. The van der Waals surface area contributed by atoms with Gasteiger partial charge in [0, 0.05) is 24.7 Å². The summed E-state index contributed by atoms with van der Waals surface area (Å²) in [7, 11) is -2.16. The Morgan fingerprint density at radius 3 is 2.47 bits per heavy atom. The van der Waals surface area contributed by atoms with Gasteiger partial charge in [-0.25, -0.2) is 13.4 Å². The first-order valence-corrected chi connectivity index (χ1v) is 11.6. The Hall–Kier alpha value is -3.43. The van der Waals surface area contributed by atoms with Crippen molar-refractivity contribution >= 4 is 21.7 Å². The number of methoxy groups -OCH3 is 1. The molecular formula is C23H23N3O5S. The van der Waals surface area contributed by atoms with Gasteiger partial charge in [-0.1, -0.05) is 24.3 Å². The van der Waals surface area contributed by atoms with Crippen LogP contribution in [0.1, 0.15) is 23.2 Å². The van der Waals surface area contributed by atoms with Crippen molar-refractivity contribution in [2.75, 3.05) is 25.5 Å². The summed E-state index contributed by atoms with van der Waals surface area (Å²) in [6, 6.07) is 16.8. The van der Waals surface area contributed by atoms with Crippen molar-refractivity contribution in [3.63, 3.8) is 0 Å². The maximum atomic E-state index is 12.8. The monoisotopic (exact) mass is 453 g/mol. The van der Waals surface area contributed by atoms with Crippen LogP contribution in [0.15, 0.2) is 71.8 Å². The van der Waals surface area contributed by atoms with E-state index in [0.29, 0.717) is 30.3 Å². The minimum Gasteiger partial charge on any atom is -0.493 e. The Labute approximate surface area is 186 Å². The zero-order valence-corrected chi connectivity index (χ0v) is 18.3. The number of anilines is 1. The highest BCUT2D eigenvalue weighted by molar-refractivity contribution is 7.89. The van der Waals surface area contributed by atoms with Gasteiger partial charge < -0.3 is 14.8 Å². The van der Waals surface area contributed by atoms with Crippen molar-refractivity contribution in [2.45, 2.75) is 17.7 Å². The van der Waals surface area contributed by atoms with Gasteiger partial charge in [-0.05, 0) is 43.2 Å². The van der Waals surface area contributed by atoms with Crippen LogP contribution in [-0.2, 0) is 10.0 Å². The molecule has 0 atom stereocenters. The van der Waals surface area contributed by atoms with E-state index in [4.69, 9.17) is 9.47 Å². The van der Waals surface area contributed by atoms with Crippen LogP contribution in [0.25, 0.3) is 0 Å². The SMILES string of the molecule is COc1cc(Oc2ccccc2)cnc1NC(=O)c1cccc(S(=O)(=O)N2CCCC2)c1. The molecule has 8 nitrogen and oxygen atoms in total. The zero-order valence-electron chi connectivity index (χ0n) is 17.5. The van der Waals surface area contributed by atoms with Gasteiger partial charge >= 0.3 is 0 Å². The summed E-state index contributed by atoms with van der Waals surface area (Å²) in [6.07, 6.45) is 3.16. The standard InChI is InChI=1S/C23H23N3O5S/c1-30-21-15-19(31-18-9-3-2-4-10-18)16-24-22(21)25-23(27)17-8-7-11-20(14-17)32(28,29)26-12-5-6-13-26/h2-4,7-11,14-16H,5-6,12-13H2,1H3,(H,24,25,27). The molecule has 1 aromatic heterocycles. The first-order valence-electron chi connectivity index (χ1n) is 10.2. The molecule has 0 spiro atoms. The maximum Gasteiger partial charge on any atom is 0.256 e. The Morgan fingerprint density at radius 1 is 1.00 bits per heavy atom. The van der Waals surface area contributed by atoms with Crippen LogP contribution in [-0.4, -0.2) is 43.8 Å². The van der Waals surface area contributed by atoms with E-state index < -0.39 is 15.9 Å². The minimum absolute atomic E-state index is 0.0959. The van der Waals surface area contributed by atoms with Crippen LogP contribution in [0.5, 0.6) is 17.2 Å². The number of carbonyl (C=O) groups is 1. The topological polar surface area (TPSA) is 97.8 Å². The lowest BCUT2D eigenvalue weighted by Gasteiger charge is -2.16. The van der Waals surface area contributed by atoms with E-state index in [-0.39, 0.29) is 16.3 Å². The van der Waals surface area contributed by atoms with Crippen molar-refractivity contribution < 1.29 is 22.7 Å². The van der Waals surface area contributed by atoms with Crippen LogP contribution in [0.4, 0.5) is 5.82 Å². The Kier molecular flexibility index (Phi) is 6.38. The Bertz CT molecular complexity index is 1210. The molecule has 0 saturated carbocycles. The molecule has 3 aromatic rings. The first kappa shape index (κ1) is 21.8. The van der Waals surface area contributed by atoms with Crippen LogP contribution < -0.4 is 14.8 Å². The maximum absolute atomic E-state index is 12.8. The molecule has 2 aromatic carbocycles. The molecule has 1 amide bonds. The molecule has 32 heavy (non-hydrogen) atoms. The summed E-state index contributed by atoms with van der Waals surface area (Å²) >= 11 is 0. The normalized spacial score (nSPS) is 14.2. The highest BCUT2D eigenvalue weighted by Crippen LogP contribution is 2.30. The van der Waals surface area contributed by atoms with Gasteiger partial charge in [0.05, 0.1) is 18.2 Å². The number of ether oxygens (including phenoxy) is 2. The van der Waals surface area contributed by atoms with Crippen molar-refractivity contribution in [1.82, 2.24) is 9.29 Å². The zero-order chi connectivity index (χ0) is 22.6. The van der Waals surface area contributed by atoms with E-state index in [1.807, 2.05) is 30.3 Å². The van der Waals surface area contributed by atoms with Crippen LogP contribution in [0, 0.1) is 0 Å². The number of nitrogens with zero attached hydrogens (tertiary/aromatic N) is 2. The molecule has 1 aliphatic heterocycles. The minimum atomic E-state index is -3.62. The predicted molar refractivity (Wildman–Crippen MR) is 120 cm³/mol. The quantitative estimate of drug-likeness (QED) is 0.582. The molecule has 1 aliphatic rings. The summed E-state index contributed by atoms with van der Waals surface area (Å²) in [5.41, 5.74) is 0.207. The number of nitrogens with one attached hydrogen (secondary N) is 1. The highest BCUT2D eigenvalue weighted by atomic mass is 32.2. The first-order chi connectivity index (χ1) is 15.5. The molecule has 1 fully saturated rings. The van der Waals surface area contributed by atoms with Gasteiger partial charge in [0.25, 0.3) is 5.91 Å². The number of amides is 1. The van der Waals surface area contributed by atoms with E-state index >= 15 is 0 Å². The van der Waals surface area contributed by atoms with Gasteiger partial charge in [0.15, 0.2) is 11.6 Å².